The Labute approximate surface area is 204 Å². The Bertz CT molecular complexity index is 1220. The van der Waals surface area contributed by atoms with Crippen molar-refractivity contribution in [3.05, 3.63) is 112 Å². The van der Waals surface area contributed by atoms with Crippen molar-refractivity contribution in [2.24, 2.45) is 0 Å². The van der Waals surface area contributed by atoms with E-state index in [1.165, 1.54) is 20.9 Å². The molecule has 2 heterocycles. The van der Waals surface area contributed by atoms with E-state index in [9.17, 15) is 0 Å². The summed E-state index contributed by atoms with van der Waals surface area (Å²) < 4.78 is 0. The summed E-state index contributed by atoms with van der Waals surface area (Å²) in [7, 11) is -1.94. The summed E-state index contributed by atoms with van der Waals surface area (Å²) >= 11 is 3.43. The first-order valence-electron chi connectivity index (χ1n) is 11.1. The maximum absolute atomic E-state index is 5.10. The number of rotatable bonds is 7. The Hall–Kier alpha value is -2.65. The lowest BCUT2D eigenvalue weighted by atomic mass is 10.2. The molecule has 0 aliphatic heterocycles. The predicted molar refractivity (Wildman–Crippen MR) is 146 cm³/mol. The summed E-state index contributed by atoms with van der Waals surface area (Å²) in [6.45, 7) is 4.38. The molecule has 2 aromatic heterocycles. The molecular formula is C28H26N2PS2+. The summed E-state index contributed by atoms with van der Waals surface area (Å²) in [5.74, 6) is 0.441. The van der Waals surface area contributed by atoms with Crippen LogP contribution in [-0.4, -0.2) is 9.97 Å². The van der Waals surface area contributed by atoms with Crippen molar-refractivity contribution in [1.82, 2.24) is 9.97 Å². The lowest BCUT2D eigenvalue weighted by Gasteiger charge is -2.27. The number of hydrogen-bond donors (Lipinski definition) is 0. The fourth-order valence-corrected chi connectivity index (χ4v) is 10.1. The van der Waals surface area contributed by atoms with E-state index in [1.807, 2.05) is 0 Å². The van der Waals surface area contributed by atoms with Gasteiger partial charge in [0.15, 0.2) is 0 Å². The zero-order chi connectivity index (χ0) is 22.7. The average Bonchev–Trinajstić information content (AvgIpc) is 3.54. The lowest BCUT2D eigenvalue weighted by molar-refractivity contribution is 0.853. The zero-order valence-electron chi connectivity index (χ0n) is 18.8. The van der Waals surface area contributed by atoms with Crippen molar-refractivity contribution in [2.45, 2.75) is 25.9 Å². The third-order valence-corrected chi connectivity index (χ3v) is 12.2. The highest BCUT2D eigenvalue weighted by molar-refractivity contribution is 7.95. The van der Waals surface area contributed by atoms with Gasteiger partial charge in [0.05, 0.1) is 10.7 Å². The van der Waals surface area contributed by atoms with Crippen LogP contribution in [0.2, 0.25) is 0 Å². The molecule has 164 valence electrons. The highest BCUT2D eigenvalue weighted by atomic mass is 32.1. The van der Waals surface area contributed by atoms with Crippen molar-refractivity contribution in [1.29, 1.82) is 0 Å². The smallest absolute Gasteiger partial charge is 0.143 e. The molecule has 5 aromatic rings. The largest absolute Gasteiger partial charge is 0.238 e. The standard InChI is InChI=1S/C28H26N2PS2/c1-21(2)27-30-26(20-33-27)28-29-22(19-32-28)18-31(23-12-6-3-7-13-23,24-14-8-4-9-15-24)25-16-10-5-11-17-25/h3-17,19-21H,18H2,1-2H3/q+1. The lowest BCUT2D eigenvalue weighted by Crippen LogP contribution is -2.32. The average molecular weight is 486 g/mol. The van der Waals surface area contributed by atoms with Gasteiger partial charge in [-0.25, -0.2) is 9.97 Å². The van der Waals surface area contributed by atoms with E-state index in [2.05, 4.69) is 116 Å². The Kier molecular flexibility index (Phi) is 6.50. The minimum absolute atomic E-state index is 0.441. The maximum Gasteiger partial charge on any atom is 0.143 e. The molecule has 5 rings (SSSR count). The van der Waals surface area contributed by atoms with Gasteiger partial charge in [-0.2, -0.15) is 0 Å². The van der Waals surface area contributed by atoms with E-state index < -0.39 is 7.26 Å². The number of hydrogen-bond acceptors (Lipinski definition) is 4. The summed E-state index contributed by atoms with van der Waals surface area (Å²) in [6.07, 6.45) is 0.892. The second-order valence-corrected chi connectivity index (χ2v) is 13.6. The molecule has 0 unspecified atom stereocenters. The van der Waals surface area contributed by atoms with Gasteiger partial charge in [-0.1, -0.05) is 68.4 Å². The van der Waals surface area contributed by atoms with Crippen LogP contribution in [0, 0.1) is 0 Å². The Balaban J connectivity index is 1.63. The van der Waals surface area contributed by atoms with Gasteiger partial charge < -0.3 is 0 Å². The van der Waals surface area contributed by atoms with Crippen molar-refractivity contribution >= 4 is 45.8 Å². The van der Waals surface area contributed by atoms with Gasteiger partial charge >= 0.3 is 0 Å². The minimum Gasteiger partial charge on any atom is -0.238 e. The van der Waals surface area contributed by atoms with Crippen LogP contribution in [0.1, 0.15) is 30.5 Å². The van der Waals surface area contributed by atoms with Crippen molar-refractivity contribution in [2.75, 3.05) is 0 Å². The van der Waals surface area contributed by atoms with Crippen LogP contribution in [-0.2, 0) is 6.16 Å². The first-order valence-corrected chi connectivity index (χ1v) is 14.9. The third-order valence-electron chi connectivity index (χ3n) is 5.78. The van der Waals surface area contributed by atoms with Crippen molar-refractivity contribution in [3.8, 4) is 10.7 Å². The number of benzene rings is 3. The molecule has 5 heteroatoms. The van der Waals surface area contributed by atoms with Crippen LogP contribution in [0.15, 0.2) is 102 Å². The quantitative estimate of drug-likeness (QED) is 0.235. The Morgan fingerprint density at radius 2 is 1.18 bits per heavy atom. The fraction of sp³-hybridized carbons (Fsp3) is 0.143. The summed E-state index contributed by atoms with van der Waals surface area (Å²) in [5.41, 5.74) is 2.14. The molecule has 0 saturated heterocycles. The van der Waals surface area contributed by atoms with E-state index >= 15 is 0 Å². The molecule has 0 N–H and O–H groups in total. The molecule has 3 aromatic carbocycles. The maximum atomic E-state index is 5.10. The van der Waals surface area contributed by atoms with Crippen molar-refractivity contribution < 1.29 is 0 Å². The highest BCUT2D eigenvalue weighted by Gasteiger charge is 2.46. The van der Waals surface area contributed by atoms with Gasteiger partial charge in [-0.3, -0.25) is 0 Å². The molecule has 0 radical (unpaired) electrons. The fourth-order valence-electron chi connectivity index (χ4n) is 4.16. The molecule has 2 nitrogen and oxygen atoms in total. The van der Waals surface area contributed by atoms with Crippen molar-refractivity contribution in [3.63, 3.8) is 0 Å². The van der Waals surface area contributed by atoms with E-state index in [0.717, 1.165) is 22.6 Å². The second-order valence-electron chi connectivity index (χ2n) is 8.34. The van der Waals surface area contributed by atoms with E-state index in [-0.39, 0.29) is 0 Å². The number of aromatic nitrogens is 2. The van der Waals surface area contributed by atoms with Crippen LogP contribution in [0.25, 0.3) is 10.7 Å². The monoisotopic (exact) mass is 485 g/mol. The van der Waals surface area contributed by atoms with Crippen LogP contribution < -0.4 is 15.9 Å². The van der Waals surface area contributed by atoms with Crippen LogP contribution in [0.5, 0.6) is 0 Å². The molecule has 0 aliphatic carbocycles. The molecule has 0 aliphatic rings. The second kappa shape index (κ2) is 9.69. The highest BCUT2D eigenvalue weighted by Crippen LogP contribution is 2.58. The molecule has 0 spiro atoms. The SMILES string of the molecule is CC(C)c1nc(-c2nc(C[P+](c3ccccc3)(c3ccccc3)c3ccccc3)cs2)cs1. The van der Waals surface area contributed by atoms with Gasteiger partial charge in [-0.05, 0) is 36.4 Å². The Morgan fingerprint density at radius 1 is 0.667 bits per heavy atom. The Morgan fingerprint density at radius 3 is 1.64 bits per heavy atom. The molecule has 0 amide bonds. The van der Waals surface area contributed by atoms with Crippen LogP contribution >= 0.6 is 29.9 Å². The zero-order valence-corrected chi connectivity index (χ0v) is 21.3. The van der Waals surface area contributed by atoms with Gasteiger partial charge in [0, 0.05) is 16.7 Å². The first-order chi connectivity index (χ1) is 16.2. The van der Waals surface area contributed by atoms with Gasteiger partial charge in [-0.15, -0.1) is 22.7 Å². The van der Waals surface area contributed by atoms with Crippen LogP contribution in [0.4, 0.5) is 0 Å². The minimum atomic E-state index is -1.94. The van der Waals surface area contributed by atoms with E-state index in [4.69, 9.17) is 9.97 Å². The number of nitrogens with zero attached hydrogens (tertiary/aromatic N) is 2. The van der Waals surface area contributed by atoms with Gasteiger partial charge in [0.1, 0.15) is 40.0 Å². The van der Waals surface area contributed by atoms with E-state index in [1.54, 1.807) is 22.7 Å². The normalized spacial score (nSPS) is 11.7. The van der Waals surface area contributed by atoms with E-state index in [0.29, 0.717) is 5.92 Å². The molecular weight excluding hydrogens is 459 g/mol. The van der Waals surface area contributed by atoms with Gasteiger partial charge in [0.2, 0.25) is 0 Å². The van der Waals surface area contributed by atoms with Crippen LogP contribution in [0.3, 0.4) is 0 Å². The predicted octanol–water partition coefficient (Wildman–Crippen LogP) is 6.88. The molecule has 0 bridgehead atoms. The van der Waals surface area contributed by atoms with Gasteiger partial charge in [0.25, 0.3) is 0 Å². The number of thiazole rings is 2. The topological polar surface area (TPSA) is 25.8 Å². The summed E-state index contributed by atoms with van der Waals surface area (Å²) in [6, 6.07) is 33.0. The summed E-state index contributed by atoms with van der Waals surface area (Å²) in [4.78, 5) is 9.94. The summed E-state index contributed by atoms with van der Waals surface area (Å²) in [5, 5.41) is 10.7. The molecule has 0 saturated carbocycles. The molecule has 0 fully saturated rings. The molecule has 0 atom stereocenters. The first kappa shape index (κ1) is 22.2. The third kappa shape index (κ3) is 4.44. The molecule has 33 heavy (non-hydrogen) atoms.